The first-order chi connectivity index (χ1) is 13.0. The van der Waals surface area contributed by atoms with Crippen LogP contribution in [-0.2, 0) is 12.5 Å². The van der Waals surface area contributed by atoms with Gasteiger partial charge in [0.2, 0.25) is 0 Å². The van der Waals surface area contributed by atoms with E-state index in [4.69, 9.17) is 4.98 Å². The number of nitrogens with zero attached hydrogens (tertiary/aromatic N) is 4. The van der Waals surface area contributed by atoms with Crippen LogP contribution in [0.15, 0.2) is 42.9 Å². The summed E-state index contributed by atoms with van der Waals surface area (Å²) in [5.41, 5.74) is 6.56. The molecule has 0 radical (unpaired) electrons. The Kier molecular flexibility index (Phi) is 3.37. The van der Waals surface area contributed by atoms with E-state index in [1.165, 1.54) is 18.4 Å². The molecule has 6 nitrogen and oxygen atoms in total. The number of anilines is 2. The molecular weight excluding hydrogens is 336 g/mol. The zero-order chi connectivity index (χ0) is 18.6. The van der Waals surface area contributed by atoms with Crippen LogP contribution in [0.4, 0.5) is 11.6 Å². The molecule has 0 saturated heterocycles. The van der Waals surface area contributed by atoms with Gasteiger partial charge in [-0.2, -0.15) is 5.10 Å². The largest absolute Gasteiger partial charge is 0.348 e. The summed E-state index contributed by atoms with van der Waals surface area (Å²) in [5, 5.41) is 7.80. The lowest BCUT2D eigenvalue weighted by molar-refractivity contribution is 0.756. The molecule has 2 N–H and O–H groups in total. The standard InChI is InChI=1S/C21H22N6/c1-13-16(12-27(3)26-13)14-8-18-17(22-10-14)4-5-19(24-18)25-20-9-15(11-23-20)21(2)6-7-21/h4-5,8-12,23H,6-7H2,1-3H3,(H,24,25). The van der Waals surface area contributed by atoms with Crippen LogP contribution in [-0.4, -0.2) is 24.7 Å². The second-order valence-corrected chi connectivity index (χ2v) is 7.75. The molecule has 0 bridgehead atoms. The van der Waals surface area contributed by atoms with E-state index in [1.807, 2.05) is 43.2 Å². The highest BCUT2D eigenvalue weighted by molar-refractivity contribution is 5.82. The normalized spacial score (nSPS) is 15.2. The summed E-state index contributed by atoms with van der Waals surface area (Å²) < 4.78 is 1.82. The van der Waals surface area contributed by atoms with Crippen molar-refractivity contribution in [3.8, 4) is 11.1 Å². The average molecular weight is 358 g/mol. The summed E-state index contributed by atoms with van der Waals surface area (Å²) in [6.07, 6.45) is 8.52. The van der Waals surface area contributed by atoms with Gasteiger partial charge in [0.1, 0.15) is 11.6 Å². The number of nitrogens with one attached hydrogen (secondary N) is 2. The van der Waals surface area contributed by atoms with Crippen LogP contribution >= 0.6 is 0 Å². The van der Waals surface area contributed by atoms with Gasteiger partial charge in [-0.3, -0.25) is 9.67 Å². The van der Waals surface area contributed by atoms with E-state index >= 15 is 0 Å². The molecule has 4 aromatic rings. The van der Waals surface area contributed by atoms with Crippen molar-refractivity contribution in [2.75, 3.05) is 5.32 Å². The minimum atomic E-state index is 0.355. The Labute approximate surface area is 157 Å². The quantitative estimate of drug-likeness (QED) is 0.565. The molecule has 0 spiro atoms. The zero-order valence-electron chi connectivity index (χ0n) is 15.7. The fourth-order valence-corrected chi connectivity index (χ4v) is 3.54. The first-order valence-corrected chi connectivity index (χ1v) is 9.24. The molecule has 1 aliphatic carbocycles. The van der Waals surface area contributed by atoms with Gasteiger partial charge in [-0.05, 0) is 55.0 Å². The molecule has 0 aromatic carbocycles. The smallest absolute Gasteiger partial charge is 0.132 e. The van der Waals surface area contributed by atoms with Crippen molar-refractivity contribution in [1.29, 1.82) is 0 Å². The van der Waals surface area contributed by atoms with Gasteiger partial charge in [-0.25, -0.2) is 4.98 Å². The molecule has 5 rings (SSSR count). The molecule has 136 valence electrons. The number of H-pyrrole nitrogens is 1. The number of hydrogen-bond donors (Lipinski definition) is 2. The van der Waals surface area contributed by atoms with Crippen LogP contribution in [0.25, 0.3) is 22.2 Å². The molecule has 1 aliphatic rings. The first kappa shape index (κ1) is 16.1. The van der Waals surface area contributed by atoms with Gasteiger partial charge in [0.15, 0.2) is 0 Å². The van der Waals surface area contributed by atoms with Gasteiger partial charge in [0.05, 0.1) is 16.7 Å². The third kappa shape index (κ3) is 2.87. The van der Waals surface area contributed by atoms with Crippen LogP contribution in [0.5, 0.6) is 0 Å². The number of aryl methyl sites for hydroxylation is 2. The molecule has 6 heteroatoms. The van der Waals surface area contributed by atoms with Crippen molar-refractivity contribution in [2.45, 2.75) is 32.1 Å². The number of aromatic nitrogens is 5. The SMILES string of the molecule is Cc1nn(C)cc1-c1cnc2ccc(Nc3cc(C4(C)CC4)c[nH]3)nc2c1. The van der Waals surface area contributed by atoms with Gasteiger partial charge < -0.3 is 10.3 Å². The monoisotopic (exact) mass is 358 g/mol. The van der Waals surface area contributed by atoms with Crippen LogP contribution in [0, 0.1) is 6.92 Å². The molecule has 4 heterocycles. The molecule has 4 aromatic heterocycles. The minimum absolute atomic E-state index is 0.355. The molecule has 0 amide bonds. The lowest BCUT2D eigenvalue weighted by atomic mass is 10.0. The summed E-state index contributed by atoms with van der Waals surface area (Å²) in [6, 6.07) is 8.22. The van der Waals surface area contributed by atoms with Gasteiger partial charge in [-0.1, -0.05) is 6.92 Å². The number of hydrogen-bond acceptors (Lipinski definition) is 4. The summed E-state index contributed by atoms with van der Waals surface area (Å²) in [5.74, 6) is 1.77. The van der Waals surface area contributed by atoms with E-state index in [1.54, 1.807) is 0 Å². The second kappa shape index (κ2) is 5.67. The van der Waals surface area contributed by atoms with Crippen molar-refractivity contribution >= 4 is 22.7 Å². The van der Waals surface area contributed by atoms with Gasteiger partial charge in [0.25, 0.3) is 0 Å². The minimum Gasteiger partial charge on any atom is -0.348 e. The first-order valence-electron chi connectivity index (χ1n) is 9.24. The topological polar surface area (TPSA) is 71.4 Å². The maximum atomic E-state index is 4.76. The summed E-state index contributed by atoms with van der Waals surface area (Å²) >= 11 is 0. The third-order valence-corrected chi connectivity index (χ3v) is 5.50. The predicted octanol–water partition coefficient (Wildman–Crippen LogP) is 4.46. The zero-order valence-corrected chi connectivity index (χ0v) is 15.7. The third-order valence-electron chi connectivity index (χ3n) is 5.50. The summed E-state index contributed by atoms with van der Waals surface area (Å²) in [6.45, 7) is 4.32. The van der Waals surface area contributed by atoms with E-state index < -0.39 is 0 Å². The van der Waals surface area contributed by atoms with Gasteiger partial charge >= 0.3 is 0 Å². The summed E-state index contributed by atoms with van der Waals surface area (Å²) in [4.78, 5) is 12.6. The molecule has 0 unspecified atom stereocenters. The highest BCUT2D eigenvalue weighted by Crippen LogP contribution is 2.48. The highest BCUT2D eigenvalue weighted by Gasteiger charge is 2.39. The van der Waals surface area contributed by atoms with Crippen molar-refractivity contribution in [3.05, 3.63) is 54.1 Å². The Bertz CT molecular complexity index is 1150. The lowest BCUT2D eigenvalue weighted by Gasteiger charge is -2.06. The Balaban J connectivity index is 1.47. The average Bonchev–Trinajstić information content (AvgIpc) is 3.07. The van der Waals surface area contributed by atoms with Crippen LogP contribution < -0.4 is 5.32 Å². The fraction of sp³-hybridized carbons (Fsp3) is 0.286. The number of aromatic amines is 1. The Morgan fingerprint density at radius 3 is 2.78 bits per heavy atom. The molecule has 1 saturated carbocycles. The van der Waals surface area contributed by atoms with Gasteiger partial charge in [-0.15, -0.1) is 0 Å². The molecule has 1 fully saturated rings. The van der Waals surface area contributed by atoms with E-state index in [-0.39, 0.29) is 0 Å². The van der Waals surface area contributed by atoms with E-state index in [2.05, 4.69) is 45.6 Å². The number of pyridine rings is 2. The lowest BCUT2D eigenvalue weighted by Crippen LogP contribution is -1.97. The summed E-state index contributed by atoms with van der Waals surface area (Å²) in [7, 11) is 1.93. The molecule has 0 aliphatic heterocycles. The van der Waals surface area contributed by atoms with Crippen molar-refractivity contribution in [3.63, 3.8) is 0 Å². The van der Waals surface area contributed by atoms with Crippen molar-refractivity contribution in [1.82, 2.24) is 24.7 Å². The van der Waals surface area contributed by atoms with Crippen LogP contribution in [0.1, 0.15) is 31.0 Å². The fourth-order valence-electron chi connectivity index (χ4n) is 3.54. The Morgan fingerprint density at radius 2 is 2.04 bits per heavy atom. The van der Waals surface area contributed by atoms with Gasteiger partial charge in [0, 0.05) is 36.8 Å². The van der Waals surface area contributed by atoms with E-state index in [0.717, 1.165) is 39.5 Å². The molecule has 27 heavy (non-hydrogen) atoms. The Morgan fingerprint density at radius 1 is 1.19 bits per heavy atom. The van der Waals surface area contributed by atoms with Crippen molar-refractivity contribution < 1.29 is 0 Å². The molecular formula is C21H22N6. The number of fused-ring (bicyclic) bond motifs is 1. The van der Waals surface area contributed by atoms with E-state index in [0.29, 0.717) is 5.41 Å². The maximum absolute atomic E-state index is 4.76. The van der Waals surface area contributed by atoms with E-state index in [9.17, 15) is 0 Å². The van der Waals surface area contributed by atoms with Crippen LogP contribution in [0.2, 0.25) is 0 Å². The maximum Gasteiger partial charge on any atom is 0.132 e. The number of rotatable bonds is 4. The highest BCUT2D eigenvalue weighted by atomic mass is 15.2. The second-order valence-electron chi connectivity index (χ2n) is 7.75. The van der Waals surface area contributed by atoms with Crippen LogP contribution in [0.3, 0.4) is 0 Å². The van der Waals surface area contributed by atoms with Crippen molar-refractivity contribution in [2.24, 2.45) is 7.05 Å². The Hall–Kier alpha value is -3.15. The molecule has 0 atom stereocenters. The predicted molar refractivity (Wildman–Crippen MR) is 107 cm³/mol.